The number of H-pyrrole nitrogens is 1. The molecule has 1 aromatic carbocycles. The molecule has 0 amide bonds. The Kier molecular flexibility index (Phi) is 4.54. The number of hydrogen-bond donors (Lipinski definition) is 1. The second-order valence-corrected chi connectivity index (χ2v) is 6.68. The second kappa shape index (κ2) is 7.05. The standard InChI is InChI=1S/C21H20N4O4/c1-21(6-5-7-24-21)19(26)13-10-22-20-17(13)25-14(11-23-20)12-8-15(27-2)18(29-4)16(9-12)28-3/h5-11H,1-4H3,(H,22,23). The number of aromatic amines is 1. The Morgan fingerprint density at radius 3 is 2.41 bits per heavy atom. The summed E-state index contributed by atoms with van der Waals surface area (Å²) in [6, 6.07) is 3.58. The summed E-state index contributed by atoms with van der Waals surface area (Å²) in [5, 5.41) is 0. The van der Waals surface area contributed by atoms with Gasteiger partial charge in [-0.2, -0.15) is 0 Å². The number of ether oxygens (including phenoxy) is 3. The Hall–Kier alpha value is -3.68. The molecule has 4 rings (SSSR count). The smallest absolute Gasteiger partial charge is 0.203 e. The van der Waals surface area contributed by atoms with E-state index in [1.807, 2.05) is 0 Å². The van der Waals surface area contributed by atoms with E-state index in [1.54, 1.807) is 71.1 Å². The monoisotopic (exact) mass is 392 g/mol. The average Bonchev–Trinajstić information content (AvgIpc) is 3.38. The summed E-state index contributed by atoms with van der Waals surface area (Å²) in [5.74, 6) is 1.35. The molecule has 8 heteroatoms. The Balaban J connectivity index is 1.84. The van der Waals surface area contributed by atoms with Crippen LogP contribution in [0.3, 0.4) is 0 Å². The highest BCUT2D eigenvalue weighted by Crippen LogP contribution is 2.41. The SMILES string of the molecule is COc1cc(-c2cnc3[nH]cc(C(=O)C4(C)C=CC=N4)c3n2)cc(OC)c1OC. The summed E-state index contributed by atoms with van der Waals surface area (Å²) in [4.78, 5) is 29.5. The maximum absolute atomic E-state index is 13.1. The van der Waals surface area contributed by atoms with E-state index in [0.29, 0.717) is 39.7 Å². The van der Waals surface area contributed by atoms with Crippen molar-refractivity contribution in [1.29, 1.82) is 0 Å². The molecular weight excluding hydrogens is 372 g/mol. The fourth-order valence-corrected chi connectivity index (χ4v) is 3.31. The van der Waals surface area contributed by atoms with Gasteiger partial charge in [0, 0.05) is 18.0 Å². The maximum Gasteiger partial charge on any atom is 0.203 e. The van der Waals surface area contributed by atoms with Gasteiger partial charge in [0.15, 0.2) is 22.9 Å². The number of fused-ring (bicyclic) bond motifs is 1. The van der Waals surface area contributed by atoms with Crippen molar-refractivity contribution in [1.82, 2.24) is 15.0 Å². The molecule has 1 aliphatic rings. The van der Waals surface area contributed by atoms with Gasteiger partial charge in [0.05, 0.1) is 38.8 Å². The van der Waals surface area contributed by atoms with Gasteiger partial charge in [-0.25, -0.2) is 9.97 Å². The van der Waals surface area contributed by atoms with Crippen molar-refractivity contribution >= 4 is 23.2 Å². The van der Waals surface area contributed by atoms with Crippen LogP contribution in [0.2, 0.25) is 0 Å². The van der Waals surface area contributed by atoms with Gasteiger partial charge < -0.3 is 19.2 Å². The van der Waals surface area contributed by atoms with Gasteiger partial charge in [-0.1, -0.05) is 0 Å². The number of methoxy groups -OCH3 is 3. The van der Waals surface area contributed by atoms with Crippen LogP contribution >= 0.6 is 0 Å². The highest BCUT2D eigenvalue weighted by Gasteiger charge is 2.34. The zero-order valence-corrected chi connectivity index (χ0v) is 16.5. The third-order valence-electron chi connectivity index (χ3n) is 4.90. The number of carbonyl (C=O) groups is 1. The van der Waals surface area contributed by atoms with Crippen molar-refractivity contribution in [3.05, 3.63) is 42.2 Å². The van der Waals surface area contributed by atoms with Gasteiger partial charge in [0.25, 0.3) is 0 Å². The number of Topliss-reactive ketones (excluding diaryl/α,β-unsaturated/α-hetero) is 1. The van der Waals surface area contributed by atoms with Crippen LogP contribution in [0, 0.1) is 0 Å². The van der Waals surface area contributed by atoms with E-state index >= 15 is 0 Å². The molecule has 1 N–H and O–H groups in total. The largest absolute Gasteiger partial charge is 0.493 e. The van der Waals surface area contributed by atoms with E-state index in [-0.39, 0.29) is 5.78 Å². The topological polar surface area (TPSA) is 98.7 Å². The van der Waals surface area contributed by atoms with E-state index in [1.165, 1.54) is 0 Å². The lowest BCUT2D eigenvalue weighted by molar-refractivity contribution is 0.0936. The summed E-state index contributed by atoms with van der Waals surface area (Å²) in [5.41, 5.74) is 1.81. The van der Waals surface area contributed by atoms with Crippen LogP contribution < -0.4 is 14.2 Å². The van der Waals surface area contributed by atoms with Crippen molar-refractivity contribution in [3.8, 4) is 28.5 Å². The third kappa shape index (κ3) is 3.02. The lowest BCUT2D eigenvalue weighted by Gasteiger charge is -2.16. The van der Waals surface area contributed by atoms with Crippen molar-refractivity contribution in [2.75, 3.05) is 21.3 Å². The van der Waals surface area contributed by atoms with Gasteiger partial charge >= 0.3 is 0 Å². The fraction of sp³-hybridized carbons (Fsp3) is 0.238. The van der Waals surface area contributed by atoms with Crippen LogP contribution in [0.1, 0.15) is 17.3 Å². The minimum atomic E-state index is -0.931. The molecule has 0 saturated heterocycles. The van der Waals surface area contributed by atoms with E-state index in [0.717, 1.165) is 5.56 Å². The lowest BCUT2D eigenvalue weighted by atomic mass is 9.93. The van der Waals surface area contributed by atoms with Gasteiger partial charge in [-0.15, -0.1) is 0 Å². The molecule has 0 saturated carbocycles. The first-order chi connectivity index (χ1) is 14.0. The summed E-state index contributed by atoms with van der Waals surface area (Å²) in [6.45, 7) is 1.77. The van der Waals surface area contributed by atoms with Crippen LogP contribution in [-0.4, -0.2) is 53.8 Å². The fourth-order valence-electron chi connectivity index (χ4n) is 3.31. The van der Waals surface area contributed by atoms with E-state index in [9.17, 15) is 4.79 Å². The van der Waals surface area contributed by atoms with Crippen LogP contribution in [0.4, 0.5) is 0 Å². The predicted octanol–water partition coefficient (Wildman–Crippen LogP) is 3.23. The summed E-state index contributed by atoms with van der Waals surface area (Å²) < 4.78 is 16.2. The van der Waals surface area contributed by atoms with E-state index in [4.69, 9.17) is 19.2 Å². The maximum atomic E-state index is 13.1. The molecular formula is C21H20N4O4. The molecule has 0 aliphatic carbocycles. The number of ketones is 1. The van der Waals surface area contributed by atoms with Crippen LogP contribution in [-0.2, 0) is 0 Å². The minimum Gasteiger partial charge on any atom is -0.493 e. The molecule has 1 unspecified atom stereocenters. The van der Waals surface area contributed by atoms with E-state index < -0.39 is 5.54 Å². The second-order valence-electron chi connectivity index (χ2n) is 6.68. The van der Waals surface area contributed by atoms with Crippen molar-refractivity contribution in [3.63, 3.8) is 0 Å². The van der Waals surface area contributed by atoms with Crippen molar-refractivity contribution < 1.29 is 19.0 Å². The van der Waals surface area contributed by atoms with Gasteiger partial charge in [0.1, 0.15) is 11.1 Å². The number of benzene rings is 1. The molecule has 0 bridgehead atoms. The Bertz CT molecular complexity index is 1130. The normalized spacial score (nSPS) is 17.7. The molecule has 1 atom stereocenters. The minimum absolute atomic E-state index is 0.148. The number of allylic oxidation sites excluding steroid dienone is 1. The summed E-state index contributed by atoms with van der Waals surface area (Å²) in [7, 11) is 4.65. The first-order valence-corrected chi connectivity index (χ1v) is 8.93. The lowest BCUT2D eigenvalue weighted by Crippen LogP contribution is -2.29. The number of carbonyl (C=O) groups excluding carboxylic acids is 1. The first kappa shape index (κ1) is 18.7. The molecule has 148 valence electrons. The summed E-state index contributed by atoms with van der Waals surface area (Å²) >= 11 is 0. The zero-order valence-electron chi connectivity index (χ0n) is 16.5. The van der Waals surface area contributed by atoms with E-state index in [2.05, 4.69) is 15.0 Å². The molecule has 29 heavy (non-hydrogen) atoms. The molecule has 0 fully saturated rings. The number of rotatable bonds is 6. The van der Waals surface area contributed by atoms with Crippen LogP contribution in [0.5, 0.6) is 17.2 Å². The van der Waals surface area contributed by atoms with Crippen LogP contribution in [0.15, 0.2) is 41.7 Å². The molecule has 3 heterocycles. The van der Waals surface area contributed by atoms with Crippen molar-refractivity contribution in [2.24, 2.45) is 4.99 Å². The van der Waals surface area contributed by atoms with Crippen LogP contribution in [0.25, 0.3) is 22.4 Å². The molecule has 8 nitrogen and oxygen atoms in total. The molecule has 0 spiro atoms. The Morgan fingerprint density at radius 2 is 1.83 bits per heavy atom. The highest BCUT2D eigenvalue weighted by atomic mass is 16.5. The summed E-state index contributed by atoms with van der Waals surface area (Å²) in [6.07, 6.45) is 8.41. The quantitative estimate of drug-likeness (QED) is 0.647. The zero-order chi connectivity index (χ0) is 20.6. The molecule has 3 aromatic rings. The van der Waals surface area contributed by atoms with Gasteiger partial charge in [-0.05, 0) is 31.2 Å². The first-order valence-electron chi connectivity index (χ1n) is 8.93. The molecule has 2 aromatic heterocycles. The number of hydrogen-bond acceptors (Lipinski definition) is 7. The van der Waals surface area contributed by atoms with Gasteiger partial charge in [-0.3, -0.25) is 9.79 Å². The average molecular weight is 392 g/mol. The predicted molar refractivity (Wildman–Crippen MR) is 109 cm³/mol. The van der Waals surface area contributed by atoms with Crippen molar-refractivity contribution in [2.45, 2.75) is 12.5 Å². The highest BCUT2D eigenvalue weighted by molar-refractivity contribution is 6.13. The molecule has 0 radical (unpaired) electrons. The molecule has 1 aliphatic heterocycles. The van der Waals surface area contributed by atoms with Gasteiger partial charge in [0.2, 0.25) is 5.75 Å². The third-order valence-corrected chi connectivity index (χ3v) is 4.90. The number of aromatic nitrogens is 3. The number of nitrogens with zero attached hydrogens (tertiary/aromatic N) is 3. The Labute approximate surface area is 167 Å². The Morgan fingerprint density at radius 1 is 1.10 bits per heavy atom. The number of aliphatic imine (C=N–C) groups is 1. The number of nitrogens with one attached hydrogen (secondary N) is 1.